The monoisotopic (exact) mass is 396 g/mol. The summed E-state index contributed by atoms with van der Waals surface area (Å²) in [4.78, 5) is 6.76. The van der Waals surface area contributed by atoms with Crippen LogP contribution in [0.5, 0.6) is 0 Å². The van der Waals surface area contributed by atoms with Gasteiger partial charge in [0.1, 0.15) is 23.5 Å². The van der Waals surface area contributed by atoms with Gasteiger partial charge in [0.15, 0.2) is 0 Å². The third kappa shape index (κ3) is 2.83. The number of nitrogens with zero attached hydrogens (tertiary/aromatic N) is 8. The molecule has 1 aliphatic heterocycles. The molecule has 3 aromatic heterocycles. The minimum absolute atomic E-state index is 0.137. The average molecular weight is 396 g/mol. The van der Waals surface area contributed by atoms with Crippen LogP contribution in [0, 0.1) is 18.3 Å². The highest BCUT2D eigenvalue weighted by Gasteiger charge is 2.29. The summed E-state index contributed by atoms with van der Waals surface area (Å²) in [6.07, 6.45) is 5.47. The van der Waals surface area contributed by atoms with Gasteiger partial charge in [-0.1, -0.05) is 13.0 Å². The average Bonchev–Trinajstić information content (AvgIpc) is 3.34. The van der Waals surface area contributed by atoms with E-state index >= 15 is 0 Å². The number of aromatic nitrogens is 6. The van der Waals surface area contributed by atoms with Crippen LogP contribution in [-0.2, 0) is 7.05 Å². The van der Waals surface area contributed by atoms with Crippen molar-refractivity contribution in [3.05, 3.63) is 66.1 Å². The number of hydrogen-bond acceptors (Lipinski definition) is 6. The number of nitriles is 1. The second-order valence-electron chi connectivity index (χ2n) is 7.58. The molecule has 0 fully saturated rings. The van der Waals surface area contributed by atoms with Crippen LogP contribution in [-0.4, -0.2) is 36.1 Å². The van der Waals surface area contributed by atoms with Gasteiger partial charge in [0.25, 0.3) is 0 Å². The Bertz CT molecular complexity index is 1280. The predicted octanol–water partition coefficient (Wildman–Crippen LogP) is 3.50. The standard InChI is InChI=1S/C22H20N8/c1-14-12-29(21-7-4-16(9-23)10-24-21)20-8-17(18-11-25-28(3)13-18)5-6-19(20)30-15(2)26-27-22(14)30/h4-8,10-11,13-14H,12H2,1-3H3/t14-/m0/s1. The van der Waals surface area contributed by atoms with Crippen molar-refractivity contribution in [1.82, 2.24) is 29.5 Å². The number of hydrogen-bond donors (Lipinski definition) is 0. The van der Waals surface area contributed by atoms with Crippen molar-refractivity contribution in [3.8, 4) is 22.9 Å². The highest BCUT2D eigenvalue weighted by atomic mass is 15.3. The van der Waals surface area contributed by atoms with Crippen LogP contribution >= 0.6 is 0 Å². The molecular formula is C22H20N8. The van der Waals surface area contributed by atoms with Crippen molar-refractivity contribution < 1.29 is 0 Å². The lowest BCUT2D eigenvalue weighted by Crippen LogP contribution is -2.23. The highest BCUT2D eigenvalue weighted by molar-refractivity contribution is 5.78. The van der Waals surface area contributed by atoms with Crippen LogP contribution in [0.2, 0.25) is 0 Å². The fraction of sp³-hybridized carbons (Fsp3) is 0.227. The lowest BCUT2D eigenvalue weighted by atomic mass is 10.1. The first-order valence-electron chi connectivity index (χ1n) is 9.74. The van der Waals surface area contributed by atoms with Crippen LogP contribution in [0.1, 0.15) is 30.1 Å². The van der Waals surface area contributed by atoms with Crippen LogP contribution in [0.4, 0.5) is 11.5 Å². The zero-order chi connectivity index (χ0) is 20.8. The van der Waals surface area contributed by atoms with E-state index in [2.05, 4.69) is 60.9 Å². The summed E-state index contributed by atoms with van der Waals surface area (Å²) in [6.45, 7) is 4.81. The SMILES string of the molecule is Cc1nnc2n1-c1ccc(-c3cnn(C)c3)cc1N(c1ccc(C#N)cn1)C[C@@H]2C. The molecule has 5 rings (SSSR count). The maximum absolute atomic E-state index is 9.14. The van der Waals surface area contributed by atoms with Gasteiger partial charge in [0, 0.05) is 37.5 Å². The van der Waals surface area contributed by atoms with Crippen molar-refractivity contribution >= 4 is 11.5 Å². The smallest absolute Gasteiger partial charge is 0.142 e. The highest BCUT2D eigenvalue weighted by Crippen LogP contribution is 2.39. The fourth-order valence-electron chi connectivity index (χ4n) is 3.96. The number of fused-ring (bicyclic) bond motifs is 3. The van der Waals surface area contributed by atoms with Crippen molar-refractivity contribution in [2.75, 3.05) is 11.4 Å². The van der Waals surface area contributed by atoms with Gasteiger partial charge in [-0.25, -0.2) is 4.98 Å². The molecule has 4 aromatic rings. The van der Waals surface area contributed by atoms with Gasteiger partial charge in [0.05, 0.1) is 23.1 Å². The zero-order valence-corrected chi connectivity index (χ0v) is 17.0. The van der Waals surface area contributed by atoms with Gasteiger partial charge in [-0.15, -0.1) is 10.2 Å². The first-order valence-corrected chi connectivity index (χ1v) is 9.74. The van der Waals surface area contributed by atoms with E-state index in [9.17, 15) is 0 Å². The number of anilines is 2. The van der Waals surface area contributed by atoms with Gasteiger partial charge in [-0.3, -0.25) is 9.25 Å². The maximum atomic E-state index is 9.14. The molecule has 1 aliphatic rings. The van der Waals surface area contributed by atoms with Gasteiger partial charge >= 0.3 is 0 Å². The summed E-state index contributed by atoms with van der Waals surface area (Å²) in [5.41, 5.74) is 4.69. The molecule has 1 atom stereocenters. The summed E-state index contributed by atoms with van der Waals surface area (Å²) < 4.78 is 3.92. The first kappa shape index (κ1) is 18.1. The molecule has 0 aliphatic carbocycles. The molecule has 0 amide bonds. The Hall–Kier alpha value is -3.99. The number of pyridine rings is 1. The molecular weight excluding hydrogens is 376 g/mol. The lowest BCUT2D eigenvalue weighted by Gasteiger charge is -2.26. The number of aryl methyl sites for hydroxylation is 2. The van der Waals surface area contributed by atoms with E-state index < -0.39 is 0 Å². The van der Waals surface area contributed by atoms with Crippen molar-refractivity contribution in [2.45, 2.75) is 19.8 Å². The molecule has 1 aromatic carbocycles. The third-order valence-corrected chi connectivity index (χ3v) is 5.45. The zero-order valence-electron chi connectivity index (χ0n) is 17.0. The van der Waals surface area contributed by atoms with E-state index in [1.54, 1.807) is 16.9 Å². The molecule has 0 radical (unpaired) electrons. The van der Waals surface area contributed by atoms with Crippen LogP contribution in [0.3, 0.4) is 0 Å². The van der Waals surface area contributed by atoms with E-state index in [1.807, 2.05) is 32.4 Å². The quantitative estimate of drug-likeness (QED) is 0.515. The molecule has 4 heterocycles. The normalized spacial score (nSPS) is 15.3. The van der Waals surface area contributed by atoms with Crippen molar-refractivity contribution in [1.29, 1.82) is 5.26 Å². The summed E-state index contributed by atoms with van der Waals surface area (Å²) in [6, 6.07) is 12.2. The minimum Gasteiger partial charge on any atom is -0.324 e. The number of benzene rings is 1. The molecule has 0 bridgehead atoms. The molecule has 0 saturated heterocycles. The Kier molecular flexibility index (Phi) is 4.10. The second-order valence-corrected chi connectivity index (χ2v) is 7.58. The Morgan fingerprint density at radius 3 is 2.63 bits per heavy atom. The second kappa shape index (κ2) is 6.81. The molecule has 0 saturated carbocycles. The Labute approximate surface area is 174 Å². The molecule has 148 valence electrons. The van der Waals surface area contributed by atoms with Gasteiger partial charge < -0.3 is 4.90 Å². The molecule has 8 heteroatoms. The largest absolute Gasteiger partial charge is 0.324 e. The maximum Gasteiger partial charge on any atom is 0.142 e. The predicted molar refractivity (Wildman–Crippen MR) is 113 cm³/mol. The summed E-state index contributed by atoms with van der Waals surface area (Å²) in [5.74, 6) is 2.71. The fourth-order valence-corrected chi connectivity index (χ4v) is 3.96. The van der Waals surface area contributed by atoms with Crippen LogP contribution in [0.25, 0.3) is 16.8 Å². The molecule has 0 unspecified atom stereocenters. The third-order valence-electron chi connectivity index (χ3n) is 5.45. The van der Waals surface area contributed by atoms with Crippen molar-refractivity contribution in [2.24, 2.45) is 7.05 Å². The summed E-state index contributed by atoms with van der Waals surface area (Å²) >= 11 is 0. The molecule has 0 spiro atoms. The summed E-state index contributed by atoms with van der Waals surface area (Å²) in [7, 11) is 1.91. The summed E-state index contributed by atoms with van der Waals surface area (Å²) in [5, 5.41) is 22.2. The van der Waals surface area contributed by atoms with Gasteiger partial charge in [-0.05, 0) is 36.8 Å². The van der Waals surface area contributed by atoms with E-state index in [4.69, 9.17) is 5.26 Å². The van der Waals surface area contributed by atoms with Crippen LogP contribution in [0.15, 0.2) is 48.9 Å². The molecule has 8 nitrogen and oxygen atoms in total. The van der Waals surface area contributed by atoms with E-state index in [-0.39, 0.29) is 5.92 Å². The first-order chi connectivity index (χ1) is 14.5. The van der Waals surface area contributed by atoms with Crippen LogP contribution < -0.4 is 4.90 Å². The lowest BCUT2D eigenvalue weighted by molar-refractivity contribution is 0.693. The topological polar surface area (TPSA) is 88.5 Å². The van der Waals surface area contributed by atoms with Crippen molar-refractivity contribution in [3.63, 3.8) is 0 Å². The van der Waals surface area contributed by atoms with E-state index in [1.165, 1.54) is 0 Å². The van der Waals surface area contributed by atoms with E-state index in [0.717, 1.165) is 40.0 Å². The minimum atomic E-state index is 0.137. The van der Waals surface area contributed by atoms with Gasteiger partial charge in [-0.2, -0.15) is 10.4 Å². The number of rotatable bonds is 2. The van der Waals surface area contributed by atoms with E-state index in [0.29, 0.717) is 12.1 Å². The Morgan fingerprint density at radius 2 is 1.93 bits per heavy atom. The van der Waals surface area contributed by atoms with Gasteiger partial charge in [0.2, 0.25) is 0 Å². The molecule has 0 N–H and O–H groups in total. The Morgan fingerprint density at radius 1 is 1.07 bits per heavy atom. The molecule has 30 heavy (non-hydrogen) atoms. The Balaban J connectivity index is 1.73.